The smallest absolute Gasteiger partial charge is 0.257 e. The summed E-state index contributed by atoms with van der Waals surface area (Å²) in [6.07, 6.45) is 0. The summed E-state index contributed by atoms with van der Waals surface area (Å²) < 4.78 is 40.1. The van der Waals surface area contributed by atoms with E-state index in [0.29, 0.717) is 31.2 Å². The Hall–Kier alpha value is -2.21. The molecule has 1 amide bonds. The number of hydrogen-bond acceptors (Lipinski definition) is 2. The summed E-state index contributed by atoms with van der Waals surface area (Å²) in [5, 5.41) is 0.667. The van der Waals surface area contributed by atoms with Crippen molar-refractivity contribution in [3.05, 3.63) is 63.9 Å². The van der Waals surface area contributed by atoms with E-state index in [1.54, 1.807) is 0 Å². The number of anilines is 1. The first kappa shape index (κ1) is 17.6. The average molecular weight is 369 g/mol. The normalized spacial score (nSPS) is 14.8. The Morgan fingerprint density at radius 1 is 1.00 bits per heavy atom. The second-order valence-corrected chi connectivity index (χ2v) is 6.34. The van der Waals surface area contributed by atoms with Crippen molar-refractivity contribution in [2.45, 2.75) is 6.92 Å². The highest BCUT2D eigenvalue weighted by Gasteiger charge is 2.26. The Morgan fingerprint density at radius 2 is 1.68 bits per heavy atom. The Balaban J connectivity index is 1.71. The van der Waals surface area contributed by atoms with Gasteiger partial charge in [-0.25, -0.2) is 13.2 Å². The van der Waals surface area contributed by atoms with Gasteiger partial charge in [0.15, 0.2) is 17.5 Å². The average Bonchev–Trinajstić information content (AvgIpc) is 2.62. The topological polar surface area (TPSA) is 23.6 Å². The van der Waals surface area contributed by atoms with E-state index in [2.05, 4.69) is 4.90 Å². The van der Waals surface area contributed by atoms with Crippen LogP contribution < -0.4 is 4.90 Å². The first-order chi connectivity index (χ1) is 11.9. The molecule has 132 valence electrons. The summed E-state index contributed by atoms with van der Waals surface area (Å²) in [6, 6.07) is 7.47. The van der Waals surface area contributed by atoms with Gasteiger partial charge in [-0.1, -0.05) is 17.7 Å². The molecular weight excluding hydrogens is 353 g/mol. The lowest BCUT2D eigenvalue weighted by Gasteiger charge is -2.36. The molecule has 1 aliphatic heterocycles. The van der Waals surface area contributed by atoms with Crippen LogP contribution in [0.3, 0.4) is 0 Å². The molecule has 0 unspecified atom stereocenters. The maximum absolute atomic E-state index is 13.8. The quantitative estimate of drug-likeness (QED) is 0.747. The number of nitrogens with zero attached hydrogens (tertiary/aromatic N) is 2. The number of amides is 1. The van der Waals surface area contributed by atoms with Crippen LogP contribution >= 0.6 is 11.6 Å². The molecule has 0 atom stereocenters. The molecule has 3 rings (SSSR count). The lowest BCUT2D eigenvalue weighted by Crippen LogP contribution is -2.49. The molecule has 0 aliphatic carbocycles. The molecule has 0 bridgehead atoms. The summed E-state index contributed by atoms with van der Waals surface area (Å²) in [4.78, 5) is 15.9. The monoisotopic (exact) mass is 368 g/mol. The van der Waals surface area contributed by atoms with Gasteiger partial charge >= 0.3 is 0 Å². The van der Waals surface area contributed by atoms with E-state index >= 15 is 0 Å². The number of piperazine rings is 1. The van der Waals surface area contributed by atoms with Gasteiger partial charge in [0.1, 0.15) is 0 Å². The molecular formula is C18H16ClF3N2O. The maximum atomic E-state index is 13.8. The molecule has 2 aromatic rings. The molecule has 7 heteroatoms. The predicted molar refractivity (Wildman–Crippen MR) is 90.6 cm³/mol. The van der Waals surface area contributed by atoms with Crippen LogP contribution in [0, 0.1) is 24.4 Å². The minimum atomic E-state index is -1.63. The van der Waals surface area contributed by atoms with Crippen LogP contribution in [-0.2, 0) is 0 Å². The Morgan fingerprint density at radius 3 is 2.32 bits per heavy atom. The highest BCUT2D eigenvalue weighted by molar-refractivity contribution is 6.31. The zero-order valence-corrected chi connectivity index (χ0v) is 14.3. The van der Waals surface area contributed by atoms with Gasteiger partial charge in [-0.2, -0.15) is 0 Å². The minimum Gasteiger partial charge on any atom is -0.368 e. The number of halogens is 4. The number of hydrogen-bond donors (Lipinski definition) is 0. The van der Waals surface area contributed by atoms with Crippen molar-refractivity contribution in [2.75, 3.05) is 31.1 Å². The number of carbonyl (C=O) groups is 1. The van der Waals surface area contributed by atoms with Gasteiger partial charge in [-0.05, 0) is 36.8 Å². The van der Waals surface area contributed by atoms with Crippen molar-refractivity contribution in [3.63, 3.8) is 0 Å². The molecule has 3 nitrogen and oxygen atoms in total. The standard InChI is InChI=1S/C18H16ClF3N2O/c1-11-2-3-12(10-14(11)19)23-6-8-24(9-7-23)18(25)13-4-5-15(20)17(22)16(13)21/h2-5,10H,6-9H2,1H3. The lowest BCUT2D eigenvalue weighted by molar-refractivity contribution is 0.0740. The molecule has 25 heavy (non-hydrogen) atoms. The molecule has 2 aromatic carbocycles. The molecule has 0 saturated carbocycles. The minimum absolute atomic E-state index is 0.350. The van der Waals surface area contributed by atoms with Gasteiger partial charge in [0.2, 0.25) is 0 Å². The molecule has 0 spiro atoms. The molecule has 1 fully saturated rings. The van der Waals surface area contributed by atoms with Gasteiger partial charge < -0.3 is 9.80 Å². The third kappa shape index (κ3) is 3.44. The molecule has 0 radical (unpaired) electrons. The SMILES string of the molecule is Cc1ccc(N2CCN(C(=O)c3ccc(F)c(F)c3F)CC2)cc1Cl. The van der Waals surface area contributed by atoms with Crippen LogP contribution in [0.5, 0.6) is 0 Å². The number of aryl methyl sites for hydroxylation is 1. The van der Waals surface area contributed by atoms with Crippen LogP contribution in [0.2, 0.25) is 5.02 Å². The van der Waals surface area contributed by atoms with Crippen LogP contribution in [0.4, 0.5) is 18.9 Å². The second-order valence-electron chi connectivity index (χ2n) is 5.94. The highest BCUT2D eigenvalue weighted by Crippen LogP contribution is 2.25. The first-order valence-electron chi connectivity index (χ1n) is 7.82. The van der Waals surface area contributed by atoms with Crippen molar-refractivity contribution in [1.82, 2.24) is 4.90 Å². The van der Waals surface area contributed by atoms with Gasteiger partial charge in [0, 0.05) is 36.9 Å². The molecule has 0 N–H and O–H groups in total. The van der Waals surface area contributed by atoms with Crippen LogP contribution in [-0.4, -0.2) is 37.0 Å². The molecule has 1 saturated heterocycles. The van der Waals surface area contributed by atoms with E-state index in [4.69, 9.17) is 11.6 Å². The van der Waals surface area contributed by atoms with E-state index in [-0.39, 0.29) is 0 Å². The summed E-state index contributed by atoms with van der Waals surface area (Å²) in [5.74, 6) is -5.02. The van der Waals surface area contributed by atoms with Crippen LogP contribution in [0.15, 0.2) is 30.3 Å². The molecule has 0 aromatic heterocycles. The van der Waals surface area contributed by atoms with Crippen molar-refractivity contribution in [2.24, 2.45) is 0 Å². The second kappa shape index (κ2) is 6.96. The van der Waals surface area contributed by atoms with Crippen molar-refractivity contribution >= 4 is 23.2 Å². The molecule has 1 aliphatic rings. The predicted octanol–water partition coefficient (Wildman–Crippen LogP) is 4.03. The number of carbonyl (C=O) groups excluding carboxylic acids is 1. The van der Waals surface area contributed by atoms with Gasteiger partial charge in [0.25, 0.3) is 5.91 Å². The third-order valence-electron chi connectivity index (χ3n) is 4.35. The van der Waals surface area contributed by atoms with E-state index < -0.39 is 28.9 Å². The van der Waals surface area contributed by atoms with Crippen molar-refractivity contribution in [1.29, 1.82) is 0 Å². The van der Waals surface area contributed by atoms with Gasteiger partial charge in [0.05, 0.1) is 5.56 Å². The van der Waals surface area contributed by atoms with Crippen LogP contribution in [0.25, 0.3) is 0 Å². The van der Waals surface area contributed by atoms with E-state index in [1.165, 1.54) is 4.90 Å². The van der Waals surface area contributed by atoms with Gasteiger partial charge in [-0.15, -0.1) is 0 Å². The number of rotatable bonds is 2. The van der Waals surface area contributed by atoms with Gasteiger partial charge in [-0.3, -0.25) is 4.79 Å². The summed E-state index contributed by atoms with van der Waals surface area (Å²) in [7, 11) is 0. The third-order valence-corrected chi connectivity index (χ3v) is 4.76. The van der Waals surface area contributed by atoms with E-state index in [0.717, 1.165) is 23.4 Å². The Bertz CT molecular complexity index is 820. The zero-order valence-electron chi connectivity index (χ0n) is 13.5. The summed E-state index contributed by atoms with van der Waals surface area (Å²) in [5.41, 5.74) is 1.47. The Labute approximate surface area is 148 Å². The Kier molecular flexibility index (Phi) is 4.90. The highest BCUT2D eigenvalue weighted by atomic mass is 35.5. The maximum Gasteiger partial charge on any atom is 0.257 e. The van der Waals surface area contributed by atoms with Crippen molar-refractivity contribution < 1.29 is 18.0 Å². The first-order valence-corrected chi connectivity index (χ1v) is 8.20. The number of benzene rings is 2. The fraction of sp³-hybridized carbons (Fsp3) is 0.278. The van der Waals surface area contributed by atoms with E-state index in [9.17, 15) is 18.0 Å². The largest absolute Gasteiger partial charge is 0.368 e. The summed E-state index contributed by atoms with van der Waals surface area (Å²) in [6.45, 7) is 3.69. The fourth-order valence-electron chi connectivity index (χ4n) is 2.81. The zero-order chi connectivity index (χ0) is 18.1. The lowest BCUT2D eigenvalue weighted by atomic mass is 10.1. The van der Waals surface area contributed by atoms with Crippen LogP contribution in [0.1, 0.15) is 15.9 Å². The molecule has 1 heterocycles. The fourth-order valence-corrected chi connectivity index (χ4v) is 2.98. The summed E-state index contributed by atoms with van der Waals surface area (Å²) >= 11 is 6.14. The van der Waals surface area contributed by atoms with E-state index in [1.807, 2.05) is 25.1 Å². The van der Waals surface area contributed by atoms with Crippen molar-refractivity contribution in [3.8, 4) is 0 Å².